The van der Waals surface area contributed by atoms with Crippen molar-refractivity contribution in [1.29, 1.82) is 0 Å². The lowest BCUT2D eigenvalue weighted by Crippen LogP contribution is -1.99. The molecule has 2 aromatic carbocycles. The maximum Gasteiger partial charge on any atom is 0.138 e. The van der Waals surface area contributed by atoms with Crippen LogP contribution in [-0.2, 0) is 0 Å². The van der Waals surface area contributed by atoms with Gasteiger partial charge in [-0.25, -0.2) is 0 Å². The minimum Gasteiger partial charge on any atom is -0.458 e. The number of para-hydroxylation sites is 1. The molecular formula is C15H10BrIO2. The van der Waals surface area contributed by atoms with Crippen LogP contribution in [0.1, 0.15) is 17.4 Å². The van der Waals surface area contributed by atoms with Gasteiger partial charge in [-0.05, 0) is 52.9 Å². The number of aliphatic hydroxyl groups excluding tert-OH is 1. The summed E-state index contributed by atoms with van der Waals surface area (Å²) < 4.78 is 7.66. The number of furan rings is 1. The molecule has 4 heteroatoms. The van der Waals surface area contributed by atoms with Crippen LogP contribution >= 0.6 is 38.5 Å². The predicted octanol–water partition coefficient (Wildman–Crippen LogP) is 4.88. The molecule has 3 rings (SSSR count). The summed E-state index contributed by atoms with van der Waals surface area (Å²) >= 11 is 5.69. The van der Waals surface area contributed by atoms with Gasteiger partial charge in [-0.2, -0.15) is 0 Å². The fourth-order valence-electron chi connectivity index (χ4n) is 2.01. The van der Waals surface area contributed by atoms with Crippen molar-refractivity contribution in [3.63, 3.8) is 0 Å². The first kappa shape index (κ1) is 13.1. The van der Waals surface area contributed by atoms with Crippen molar-refractivity contribution >= 4 is 49.5 Å². The number of aliphatic hydroxyl groups is 1. The van der Waals surface area contributed by atoms with Crippen molar-refractivity contribution in [1.82, 2.24) is 0 Å². The molecule has 0 amide bonds. The van der Waals surface area contributed by atoms with E-state index in [1.165, 1.54) is 0 Å². The molecule has 96 valence electrons. The Balaban J connectivity index is 2.07. The number of hydrogen-bond acceptors (Lipinski definition) is 2. The highest BCUT2D eigenvalue weighted by Crippen LogP contribution is 2.32. The molecule has 1 aromatic heterocycles. The third-order valence-corrected chi connectivity index (χ3v) is 4.36. The Morgan fingerprint density at radius 3 is 2.68 bits per heavy atom. The lowest BCUT2D eigenvalue weighted by molar-refractivity contribution is 0.191. The first-order chi connectivity index (χ1) is 9.15. The summed E-state index contributed by atoms with van der Waals surface area (Å²) in [5, 5.41) is 11.5. The standard InChI is InChI=1S/C15H10BrIO2/c16-12-6-5-10(17)8-11(12)15(18)14-7-9-3-1-2-4-13(9)19-14/h1-8,15,18H. The highest BCUT2D eigenvalue weighted by molar-refractivity contribution is 14.1. The van der Waals surface area contributed by atoms with E-state index in [2.05, 4.69) is 38.5 Å². The van der Waals surface area contributed by atoms with Crippen LogP contribution in [-0.4, -0.2) is 5.11 Å². The highest BCUT2D eigenvalue weighted by atomic mass is 127. The molecule has 0 aliphatic rings. The fourth-order valence-corrected chi connectivity index (χ4v) is 2.99. The molecule has 1 N–H and O–H groups in total. The van der Waals surface area contributed by atoms with Gasteiger partial charge in [0.2, 0.25) is 0 Å². The van der Waals surface area contributed by atoms with Crippen LogP contribution in [0, 0.1) is 3.57 Å². The normalized spacial score (nSPS) is 12.8. The average Bonchev–Trinajstić information content (AvgIpc) is 2.84. The van der Waals surface area contributed by atoms with Gasteiger partial charge < -0.3 is 9.52 Å². The maximum absolute atomic E-state index is 10.5. The van der Waals surface area contributed by atoms with E-state index >= 15 is 0 Å². The van der Waals surface area contributed by atoms with Crippen molar-refractivity contribution in [3.05, 3.63) is 67.9 Å². The van der Waals surface area contributed by atoms with Gasteiger partial charge in [-0.3, -0.25) is 0 Å². The average molecular weight is 429 g/mol. The minimum absolute atomic E-state index is 0.559. The molecule has 1 heterocycles. The predicted molar refractivity (Wildman–Crippen MR) is 87.1 cm³/mol. The molecule has 0 aliphatic heterocycles. The Hall–Kier alpha value is -0.850. The van der Waals surface area contributed by atoms with Gasteiger partial charge in [0, 0.05) is 19.0 Å². The number of rotatable bonds is 2. The summed E-state index contributed by atoms with van der Waals surface area (Å²) in [5.41, 5.74) is 1.60. The second-order valence-corrected chi connectivity index (χ2v) is 6.35. The highest BCUT2D eigenvalue weighted by Gasteiger charge is 2.18. The van der Waals surface area contributed by atoms with Crippen LogP contribution in [0.3, 0.4) is 0 Å². The zero-order chi connectivity index (χ0) is 13.4. The number of hydrogen-bond donors (Lipinski definition) is 1. The van der Waals surface area contributed by atoms with Gasteiger partial charge in [0.1, 0.15) is 17.4 Å². The monoisotopic (exact) mass is 428 g/mol. The molecule has 2 nitrogen and oxygen atoms in total. The van der Waals surface area contributed by atoms with Gasteiger partial charge in [0.05, 0.1) is 0 Å². The SMILES string of the molecule is OC(c1cc2ccccc2o1)c1cc(I)ccc1Br. The molecule has 0 saturated heterocycles. The van der Waals surface area contributed by atoms with E-state index in [0.29, 0.717) is 5.76 Å². The summed E-state index contributed by atoms with van der Waals surface area (Å²) in [6.07, 6.45) is -0.767. The minimum atomic E-state index is -0.767. The van der Waals surface area contributed by atoms with Crippen molar-refractivity contribution < 1.29 is 9.52 Å². The van der Waals surface area contributed by atoms with E-state index in [4.69, 9.17) is 4.42 Å². The Morgan fingerprint density at radius 1 is 1.11 bits per heavy atom. The zero-order valence-electron chi connectivity index (χ0n) is 9.81. The lowest BCUT2D eigenvalue weighted by atomic mass is 10.1. The third kappa shape index (κ3) is 2.57. The van der Waals surface area contributed by atoms with Crippen LogP contribution < -0.4 is 0 Å². The molecule has 0 spiro atoms. The molecule has 0 aliphatic carbocycles. The molecule has 0 radical (unpaired) electrons. The summed E-state index contributed by atoms with van der Waals surface area (Å²) in [7, 11) is 0. The Kier molecular flexibility index (Phi) is 3.64. The summed E-state index contributed by atoms with van der Waals surface area (Å²) in [6.45, 7) is 0. The summed E-state index contributed by atoms with van der Waals surface area (Å²) in [6, 6.07) is 15.5. The smallest absolute Gasteiger partial charge is 0.138 e. The van der Waals surface area contributed by atoms with Gasteiger partial charge in [-0.1, -0.05) is 34.1 Å². The number of halogens is 2. The van der Waals surface area contributed by atoms with Gasteiger partial charge in [0.25, 0.3) is 0 Å². The molecule has 1 unspecified atom stereocenters. The first-order valence-electron chi connectivity index (χ1n) is 5.76. The maximum atomic E-state index is 10.5. The van der Waals surface area contributed by atoms with E-state index in [-0.39, 0.29) is 0 Å². The number of fused-ring (bicyclic) bond motifs is 1. The molecule has 19 heavy (non-hydrogen) atoms. The van der Waals surface area contributed by atoms with Crippen molar-refractivity contribution in [2.75, 3.05) is 0 Å². The zero-order valence-corrected chi connectivity index (χ0v) is 13.6. The molecule has 0 fully saturated rings. The van der Waals surface area contributed by atoms with E-state index in [0.717, 1.165) is 24.6 Å². The first-order valence-corrected chi connectivity index (χ1v) is 7.64. The second-order valence-electron chi connectivity index (χ2n) is 4.25. The van der Waals surface area contributed by atoms with Crippen LogP contribution in [0.2, 0.25) is 0 Å². The van der Waals surface area contributed by atoms with Crippen molar-refractivity contribution in [3.8, 4) is 0 Å². The van der Waals surface area contributed by atoms with E-state index in [1.54, 1.807) is 0 Å². The Labute approximate surface area is 132 Å². The molecule has 3 aromatic rings. The fraction of sp³-hybridized carbons (Fsp3) is 0.0667. The summed E-state index contributed by atoms with van der Waals surface area (Å²) in [4.78, 5) is 0. The van der Waals surface area contributed by atoms with Crippen LogP contribution in [0.15, 0.2) is 57.4 Å². The third-order valence-electron chi connectivity index (χ3n) is 2.97. The second kappa shape index (κ2) is 5.26. The molecule has 1 atom stereocenters. The quantitative estimate of drug-likeness (QED) is 0.590. The topological polar surface area (TPSA) is 33.4 Å². The van der Waals surface area contributed by atoms with Crippen molar-refractivity contribution in [2.24, 2.45) is 0 Å². The van der Waals surface area contributed by atoms with Crippen molar-refractivity contribution in [2.45, 2.75) is 6.10 Å². The lowest BCUT2D eigenvalue weighted by Gasteiger charge is -2.10. The van der Waals surface area contributed by atoms with Gasteiger partial charge >= 0.3 is 0 Å². The molecular weight excluding hydrogens is 419 g/mol. The van der Waals surface area contributed by atoms with Gasteiger partial charge in [0.15, 0.2) is 0 Å². The summed E-state index contributed by atoms with van der Waals surface area (Å²) in [5.74, 6) is 0.559. The Morgan fingerprint density at radius 2 is 1.89 bits per heavy atom. The van der Waals surface area contributed by atoms with E-state index in [1.807, 2.05) is 48.5 Å². The van der Waals surface area contributed by atoms with Crippen LogP contribution in [0.4, 0.5) is 0 Å². The van der Waals surface area contributed by atoms with Crippen LogP contribution in [0.25, 0.3) is 11.0 Å². The van der Waals surface area contributed by atoms with E-state index in [9.17, 15) is 5.11 Å². The number of benzene rings is 2. The van der Waals surface area contributed by atoms with E-state index < -0.39 is 6.10 Å². The Bertz CT molecular complexity index is 703. The largest absolute Gasteiger partial charge is 0.458 e. The van der Waals surface area contributed by atoms with Gasteiger partial charge in [-0.15, -0.1) is 0 Å². The molecule has 0 saturated carbocycles. The molecule has 0 bridgehead atoms. The van der Waals surface area contributed by atoms with Crippen LogP contribution in [0.5, 0.6) is 0 Å².